The Labute approximate surface area is 111 Å². The first kappa shape index (κ1) is 12.2. The van der Waals surface area contributed by atoms with Crippen LogP contribution in [-0.4, -0.2) is 21.6 Å². The zero-order chi connectivity index (χ0) is 14.4. The molecule has 20 heavy (non-hydrogen) atoms. The van der Waals surface area contributed by atoms with Crippen molar-refractivity contribution in [1.29, 1.82) is 0 Å². The second-order valence-electron chi connectivity index (χ2n) is 4.25. The number of hydrogen-bond donors (Lipinski definition) is 1. The molecule has 0 atom stereocenters. The van der Waals surface area contributed by atoms with E-state index in [9.17, 15) is 14.8 Å². The lowest BCUT2D eigenvalue weighted by atomic mass is 10.2. The van der Waals surface area contributed by atoms with E-state index in [1.165, 1.54) is 20.2 Å². The van der Waals surface area contributed by atoms with Gasteiger partial charge in [-0.1, -0.05) is 0 Å². The lowest BCUT2D eigenvalue weighted by Crippen LogP contribution is -2.41. The number of aromatic amines is 1. The molecule has 2 aromatic heterocycles. The molecule has 102 valence electrons. The van der Waals surface area contributed by atoms with E-state index in [0.29, 0.717) is 16.0 Å². The van der Waals surface area contributed by atoms with Crippen LogP contribution in [0.3, 0.4) is 0 Å². The first-order valence-electron chi connectivity index (χ1n) is 5.73. The normalized spacial score (nSPS) is 11.1. The third-order valence-corrected chi connectivity index (χ3v) is 3.10. The standard InChI is InChI=1S/C12H10N4O4/c1-15-11(17)9-10(14-12(15)18)13-7-5-6(20-2)3-4-8(7)16(9)19/h3-5H,1-2H3,(H,13,14,18). The Morgan fingerprint density at radius 2 is 2.15 bits per heavy atom. The van der Waals surface area contributed by atoms with Gasteiger partial charge in [-0.2, -0.15) is 4.73 Å². The van der Waals surface area contributed by atoms with E-state index < -0.39 is 11.2 Å². The number of aromatic nitrogens is 4. The molecule has 8 nitrogen and oxygen atoms in total. The van der Waals surface area contributed by atoms with Gasteiger partial charge in [-0.25, -0.2) is 9.78 Å². The summed E-state index contributed by atoms with van der Waals surface area (Å²) in [5.41, 5.74) is -1.02. The molecule has 0 saturated carbocycles. The van der Waals surface area contributed by atoms with Crippen LogP contribution in [0.5, 0.6) is 5.75 Å². The Bertz CT molecular complexity index is 957. The summed E-state index contributed by atoms with van der Waals surface area (Å²) < 4.78 is 6.35. The van der Waals surface area contributed by atoms with E-state index in [4.69, 9.17) is 4.74 Å². The minimum atomic E-state index is -0.691. The van der Waals surface area contributed by atoms with Gasteiger partial charge in [0.2, 0.25) is 11.2 Å². The number of fused-ring (bicyclic) bond motifs is 2. The van der Waals surface area contributed by atoms with Gasteiger partial charge < -0.3 is 9.94 Å². The van der Waals surface area contributed by atoms with Crippen molar-refractivity contribution in [2.45, 2.75) is 0 Å². The smallest absolute Gasteiger partial charge is 0.331 e. The molecule has 2 heterocycles. The van der Waals surface area contributed by atoms with E-state index in [2.05, 4.69) is 9.97 Å². The summed E-state index contributed by atoms with van der Waals surface area (Å²) in [7, 11) is 2.78. The lowest BCUT2D eigenvalue weighted by Gasteiger charge is -2.06. The fraction of sp³-hybridized carbons (Fsp3) is 0.167. The first-order valence-corrected chi connectivity index (χ1v) is 5.73. The molecule has 0 fully saturated rings. The molecule has 0 unspecified atom stereocenters. The van der Waals surface area contributed by atoms with Crippen LogP contribution < -0.4 is 20.7 Å². The SMILES string of the molecule is COc1ccc2c(c1)nc1[nH]c(=O)n(C)c(=O)c1[n+]2[O-]. The molecule has 0 aliphatic heterocycles. The molecule has 0 amide bonds. The summed E-state index contributed by atoms with van der Waals surface area (Å²) >= 11 is 0. The number of H-pyrrole nitrogens is 1. The van der Waals surface area contributed by atoms with Crippen molar-refractivity contribution >= 4 is 22.2 Å². The molecule has 3 rings (SSSR count). The Morgan fingerprint density at radius 1 is 1.40 bits per heavy atom. The molecular weight excluding hydrogens is 264 g/mol. The minimum Gasteiger partial charge on any atom is -0.618 e. The number of rotatable bonds is 1. The van der Waals surface area contributed by atoms with E-state index in [1.54, 1.807) is 12.1 Å². The second kappa shape index (κ2) is 4.05. The number of nitrogens with one attached hydrogen (secondary N) is 1. The summed E-state index contributed by atoms with van der Waals surface area (Å²) in [6.45, 7) is 0. The topological polar surface area (TPSA) is 104 Å². The van der Waals surface area contributed by atoms with Gasteiger partial charge in [-0.05, 0) is 6.07 Å². The largest absolute Gasteiger partial charge is 0.618 e. The second-order valence-corrected chi connectivity index (χ2v) is 4.25. The van der Waals surface area contributed by atoms with Crippen molar-refractivity contribution in [3.8, 4) is 5.75 Å². The Morgan fingerprint density at radius 3 is 2.85 bits per heavy atom. The quantitative estimate of drug-likeness (QED) is 0.363. The maximum atomic E-state index is 12.3. The van der Waals surface area contributed by atoms with E-state index >= 15 is 0 Å². The highest BCUT2D eigenvalue weighted by Gasteiger charge is 2.18. The van der Waals surface area contributed by atoms with Crippen molar-refractivity contribution in [1.82, 2.24) is 14.5 Å². The van der Waals surface area contributed by atoms with Gasteiger partial charge in [0.1, 0.15) is 11.3 Å². The highest BCUT2D eigenvalue weighted by atomic mass is 16.5. The molecule has 1 N–H and O–H groups in total. The summed E-state index contributed by atoms with van der Waals surface area (Å²) in [6.07, 6.45) is 0. The average Bonchev–Trinajstić information content (AvgIpc) is 2.44. The van der Waals surface area contributed by atoms with Crippen LogP contribution in [0.25, 0.3) is 22.2 Å². The molecule has 0 aliphatic carbocycles. The van der Waals surface area contributed by atoms with E-state index in [0.717, 1.165) is 4.57 Å². The van der Waals surface area contributed by atoms with E-state index in [1.807, 2.05) is 0 Å². The van der Waals surface area contributed by atoms with Crippen LogP contribution in [0.2, 0.25) is 0 Å². The van der Waals surface area contributed by atoms with Crippen LogP contribution in [0.1, 0.15) is 0 Å². The highest BCUT2D eigenvalue weighted by Crippen LogP contribution is 2.17. The van der Waals surface area contributed by atoms with E-state index in [-0.39, 0.29) is 16.7 Å². The summed E-state index contributed by atoms with van der Waals surface area (Å²) in [5.74, 6) is 0.524. The third kappa shape index (κ3) is 1.54. The number of hydrogen-bond acceptors (Lipinski definition) is 5. The fourth-order valence-electron chi connectivity index (χ4n) is 1.99. The van der Waals surface area contributed by atoms with Crippen molar-refractivity contribution in [3.05, 3.63) is 44.2 Å². The van der Waals surface area contributed by atoms with Gasteiger partial charge in [-0.3, -0.25) is 14.3 Å². The number of nitrogens with zero attached hydrogens (tertiary/aromatic N) is 3. The fourth-order valence-corrected chi connectivity index (χ4v) is 1.99. The van der Waals surface area contributed by atoms with Crippen LogP contribution >= 0.6 is 0 Å². The van der Waals surface area contributed by atoms with Crippen LogP contribution in [0.4, 0.5) is 0 Å². The van der Waals surface area contributed by atoms with Crippen molar-refractivity contribution < 1.29 is 9.47 Å². The first-order chi connectivity index (χ1) is 9.52. The zero-order valence-corrected chi connectivity index (χ0v) is 10.7. The Balaban J connectivity index is 2.57. The molecule has 0 radical (unpaired) electrons. The predicted molar refractivity (Wildman–Crippen MR) is 70.6 cm³/mol. The Hall–Kier alpha value is -2.90. The Kier molecular flexibility index (Phi) is 2.46. The lowest BCUT2D eigenvalue weighted by molar-refractivity contribution is -0.549. The molecule has 0 bridgehead atoms. The zero-order valence-electron chi connectivity index (χ0n) is 10.7. The molecule has 3 aromatic rings. The number of methoxy groups -OCH3 is 1. The van der Waals surface area contributed by atoms with Gasteiger partial charge in [0.15, 0.2) is 0 Å². The summed E-state index contributed by atoms with van der Waals surface area (Å²) in [5, 5.41) is 12.3. The summed E-state index contributed by atoms with van der Waals surface area (Å²) in [6, 6.07) is 4.66. The van der Waals surface area contributed by atoms with Crippen molar-refractivity contribution in [2.24, 2.45) is 7.05 Å². The van der Waals surface area contributed by atoms with Gasteiger partial charge in [0.05, 0.1) is 7.11 Å². The maximum absolute atomic E-state index is 12.3. The minimum absolute atomic E-state index is 0.0474. The molecule has 0 saturated heterocycles. The van der Waals surface area contributed by atoms with Crippen LogP contribution in [0, 0.1) is 5.21 Å². The van der Waals surface area contributed by atoms with Crippen molar-refractivity contribution in [2.75, 3.05) is 7.11 Å². The summed E-state index contributed by atoms with van der Waals surface area (Å²) in [4.78, 5) is 30.1. The number of benzene rings is 1. The van der Waals surface area contributed by atoms with Gasteiger partial charge >= 0.3 is 16.8 Å². The average molecular weight is 274 g/mol. The highest BCUT2D eigenvalue weighted by molar-refractivity contribution is 5.79. The predicted octanol–water partition coefficient (Wildman–Crippen LogP) is -0.583. The molecule has 8 heteroatoms. The monoisotopic (exact) mass is 274 g/mol. The van der Waals surface area contributed by atoms with Crippen molar-refractivity contribution in [3.63, 3.8) is 0 Å². The molecule has 1 aromatic carbocycles. The number of ether oxygens (including phenoxy) is 1. The van der Waals surface area contributed by atoms with Crippen LogP contribution in [-0.2, 0) is 7.05 Å². The van der Waals surface area contributed by atoms with Crippen LogP contribution in [0.15, 0.2) is 27.8 Å². The molecule has 0 spiro atoms. The maximum Gasteiger partial charge on any atom is 0.331 e. The molecular formula is C12H10N4O4. The van der Waals surface area contributed by atoms with Gasteiger partial charge in [-0.15, -0.1) is 0 Å². The van der Waals surface area contributed by atoms with Gasteiger partial charge in [0, 0.05) is 19.2 Å². The van der Waals surface area contributed by atoms with Gasteiger partial charge in [0.25, 0.3) is 0 Å². The molecule has 0 aliphatic rings. The third-order valence-electron chi connectivity index (χ3n) is 3.10.